The number of rotatable bonds is 10. The van der Waals surface area contributed by atoms with Crippen LogP contribution in [-0.2, 0) is 46.4 Å². The first-order valence-electron chi connectivity index (χ1n) is 23.0. The van der Waals surface area contributed by atoms with Gasteiger partial charge in [-0.1, -0.05) is 50.8 Å². The summed E-state index contributed by atoms with van der Waals surface area (Å²) in [6, 6.07) is 14.7. The van der Waals surface area contributed by atoms with Crippen LogP contribution in [0.4, 0.5) is 0 Å². The fourth-order valence-corrected chi connectivity index (χ4v) is 9.70. The molecule has 4 amide bonds. The third kappa shape index (κ3) is 9.41. The number of ketones is 1. The number of amides is 4. The number of benzene rings is 2. The van der Waals surface area contributed by atoms with E-state index in [9.17, 15) is 24.0 Å². The number of likely N-dealkylation sites (N-methyl/N-ethyl adjacent to an activating group) is 1. The molecule has 6 bridgehead atoms. The number of ether oxygens (including phenoxy) is 2. The molecule has 2 aromatic carbocycles. The second-order valence-corrected chi connectivity index (χ2v) is 18.7. The van der Waals surface area contributed by atoms with Gasteiger partial charge in [0.05, 0.1) is 34.4 Å². The summed E-state index contributed by atoms with van der Waals surface area (Å²) in [6.07, 6.45) is 3.98. The highest BCUT2D eigenvalue weighted by atomic mass is 16.5. The quantitative estimate of drug-likeness (QED) is 0.144. The van der Waals surface area contributed by atoms with Gasteiger partial charge in [0.15, 0.2) is 5.78 Å². The van der Waals surface area contributed by atoms with Gasteiger partial charge in [-0.15, -0.1) is 0 Å². The number of aryl methyl sites for hydroxylation is 1. The first kappa shape index (κ1) is 47.8. The van der Waals surface area contributed by atoms with Gasteiger partial charge in [-0.05, 0) is 99.9 Å². The van der Waals surface area contributed by atoms with Crippen molar-refractivity contribution in [3.63, 3.8) is 0 Å². The maximum atomic E-state index is 15.2. The van der Waals surface area contributed by atoms with Crippen LogP contribution in [0.5, 0.6) is 0 Å². The van der Waals surface area contributed by atoms with Crippen molar-refractivity contribution in [3.05, 3.63) is 90.3 Å². The number of nitrogens with one attached hydrogen (secondary N) is 2. The van der Waals surface area contributed by atoms with Crippen LogP contribution in [0.1, 0.15) is 88.5 Å². The first-order chi connectivity index (χ1) is 31.5. The number of carbonyl (C=O) groups is 6. The van der Waals surface area contributed by atoms with Gasteiger partial charge in [0.25, 0.3) is 5.91 Å². The lowest BCUT2D eigenvalue weighted by Gasteiger charge is -2.37. The Labute approximate surface area is 386 Å². The number of nitrogens with zero attached hydrogens (tertiary/aromatic N) is 5. The lowest BCUT2D eigenvalue weighted by Crippen LogP contribution is -2.62. The minimum atomic E-state index is -1.19. The Morgan fingerprint density at radius 1 is 1.05 bits per heavy atom. The van der Waals surface area contributed by atoms with Crippen LogP contribution in [0, 0.1) is 17.3 Å². The van der Waals surface area contributed by atoms with Crippen molar-refractivity contribution in [1.29, 1.82) is 0 Å². The standard InChI is InChI=1S/C51H63N7O8/c1-10-41(59)56-24-21-35(28-56)48(62)55(8)44(30(3)4)47(61)53-39-26-32-15-12-16-33(25-32)34-19-20-40-37(27-34)42(45(57(40)11-2)36-17-13-22-52-43(36)31(5)65-9)46(60)51(6,7)29-66-50(64)38-18-14-23-58(54-38)49(39)63/h10,12-13,15-17,19-20,22,25,27,30-31,35,38-39,44,54H,1,11,14,18,21,23-24,26,28-29H2,2-9H3,(H,53,61)/t31-,35-,38-,39-,44?/m0/s1. The van der Waals surface area contributed by atoms with Gasteiger partial charge in [-0.2, -0.15) is 0 Å². The van der Waals surface area contributed by atoms with E-state index >= 15 is 4.79 Å². The van der Waals surface area contributed by atoms with Gasteiger partial charge < -0.3 is 29.2 Å². The topological polar surface area (TPSA) is 172 Å². The van der Waals surface area contributed by atoms with Crippen LogP contribution in [0.15, 0.2) is 73.4 Å². The molecule has 350 valence electrons. The molecule has 66 heavy (non-hydrogen) atoms. The molecule has 15 heteroatoms. The fourth-order valence-electron chi connectivity index (χ4n) is 9.70. The van der Waals surface area contributed by atoms with Crippen LogP contribution in [-0.4, -0.2) is 118 Å². The van der Waals surface area contributed by atoms with Gasteiger partial charge in [-0.3, -0.25) is 38.8 Å². The van der Waals surface area contributed by atoms with Gasteiger partial charge in [0.1, 0.15) is 24.7 Å². The summed E-state index contributed by atoms with van der Waals surface area (Å²) in [4.78, 5) is 92.2. The fraction of sp³-hybridized carbons (Fsp3) is 0.471. The highest BCUT2D eigenvalue weighted by Crippen LogP contribution is 2.42. The molecule has 0 aliphatic carbocycles. The van der Waals surface area contributed by atoms with Crippen molar-refractivity contribution in [2.75, 3.05) is 40.4 Å². The van der Waals surface area contributed by atoms with Crippen molar-refractivity contribution >= 4 is 46.3 Å². The molecule has 1 unspecified atom stereocenters. The van der Waals surface area contributed by atoms with Gasteiger partial charge >= 0.3 is 5.97 Å². The van der Waals surface area contributed by atoms with Crippen LogP contribution in [0.3, 0.4) is 0 Å². The number of hydrogen-bond donors (Lipinski definition) is 2. The Bertz CT molecular complexity index is 2550. The lowest BCUT2D eigenvalue weighted by molar-refractivity contribution is -0.155. The summed E-state index contributed by atoms with van der Waals surface area (Å²) < 4.78 is 13.9. The number of likely N-dealkylation sites (tertiary alicyclic amines) is 1. The average molecular weight is 902 g/mol. The Morgan fingerprint density at radius 3 is 2.52 bits per heavy atom. The minimum absolute atomic E-state index is 0.0907. The average Bonchev–Trinajstić information content (AvgIpc) is 3.95. The number of aromatic nitrogens is 2. The number of Topliss-reactive ketones (excluding diaryl/α,β-unsaturated/α-hetero) is 1. The third-order valence-electron chi connectivity index (χ3n) is 13.4. The Morgan fingerprint density at radius 2 is 1.80 bits per heavy atom. The Kier molecular flexibility index (Phi) is 14.3. The van der Waals surface area contributed by atoms with Gasteiger partial charge in [0, 0.05) is 69.4 Å². The highest BCUT2D eigenvalue weighted by Gasteiger charge is 2.41. The molecule has 2 saturated heterocycles. The maximum absolute atomic E-state index is 15.2. The molecule has 2 fully saturated rings. The van der Waals surface area contributed by atoms with E-state index in [4.69, 9.17) is 14.5 Å². The Balaban J connectivity index is 1.31. The Hall–Kier alpha value is -6.19. The molecule has 0 saturated carbocycles. The number of carbonyl (C=O) groups excluding carboxylic acids is 6. The summed E-state index contributed by atoms with van der Waals surface area (Å²) in [5.74, 6) is -3.09. The zero-order valence-corrected chi connectivity index (χ0v) is 39.4. The summed E-state index contributed by atoms with van der Waals surface area (Å²) in [6.45, 7) is 16.0. The largest absolute Gasteiger partial charge is 0.463 e. The molecular formula is C51H63N7O8. The number of pyridine rings is 1. The molecule has 5 heterocycles. The smallest absolute Gasteiger partial charge is 0.324 e. The minimum Gasteiger partial charge on any atom is -0.463 e. The molecule has 5 atom stereocenters. The number of hydrazine groups is 1. The van der Waals surface area contributed by atoms with E-state index in [1.54, 1.807) is 39.1 Å². The van der Waals surface area contributed by atoms with E-state index in [2.05, 4.69) is 21.9 Å². The zero-order chi connectivity index (χ0) is 47.6. The van der Waals surface area contributed by atoms with Crippen LogP contribution in [0.25, 0.3) is 33.3 Å². The van der Waals surface area contributed by atoms with E-state index in [0.717, 1.165) is 33.2 Å². The number of methoxy groups -OCH3 is 1. The molecule has 3 aliphatic rings. The summed E-state index contributed by atoms with van der Waals surface area (Å²) in [5, 5.41) is 5.12. The van der Waals surface area contributed by atoms with E-state index in [1.807, 2.05) is 82.3 Å². The molecule has 7 rings (SSSR count). The van der Waals surface area contributed by atoms with Crippen molar-refractivity contribution in [3.8, 4) is 22.4 Å². The van der Waals surface area contributed by atoms with E-state index < -0.39 is 47.2 Å². The van der Waals surface area contributed by atoms with Crippen molar-refractivity contribution in [2.45, 2.75) is 98.0 Å². The third-order valence-corrected chi connectivity index (χ3v) is 13.4. The second kappa shape index (κ2) is 19.7. The van der Waals surface area contributed by atoms with Gasteiger partial charge in [0.2, 0.25) is 17.7 Å². The van der Waals surface area contributed by atoms with E-state index in [0.29, 0.717) is 49.3 Å². The number of cyclic esters (lactones) is 1. The molecule has 2 aromatic heterocycles. The molecule has 0 spiro atoms. The van der Waals surface area contributed by atoms with Gasteiger partial charge in [-0.25, -0.2) is 5.43 Å². The SMILES string of the molecule is C=CC(=O)N1CC[C@H](C(=O)N(C)C(C(=O)N[C@H]2Cc3cccc(c3)-c3ccc4c(c3)c(c(-c3cccnc3[C@H](C)OC)n4CC)C(=O)C(C)(C)COC(=O)[C@@H]3CCCN(N3)C2=O)C(C)C)C1. The summed E-state index contributed by atoms with van der Waals surface area (Å²) in [5.41, 5.74) is 7.79. The number of hydrogen-bond acceptors (Lipinski definition) is 10. The number of fused-ring (bicyclic) bond motifs is 6. The second-order valence-electron chi connectivity index (χ2n) is 18.7. The highest BCUT2D eigenvalue weighted by molar-refractivity contribution is 6.16. The normalized spacial score (nSPS) is 21.0. The molecular weight excluding hydrogens is 839 g/mol. The lowest BCUT2D eigenvalue weighted by atomic mass is 9.82. The first-order valence-corrected chi connectivity index (χ1v) is 23.0. The predicted octanol–water partition coefficient (Wildman–Crippen LogP) is 5.90. The number of esters is 1. The van der Waals surface area contributed by atoms with Crippen LogP contribution >= 0.6 is 0 Å². The molecule has 2 N–H and O–H groups in total. The van der Waals surface area contributed by atoms with Crippen molar-refractivity contribution in [2.24, 2.45) is 17.3 Å². The molecule has 15 nitrogen and oxygen atoms in total. The summed E-state index contributed by atoms with van der Waals surface area (Å²) >= 11 is 0. The van der Waals surface area contributed by atoms with E-state index in [1.165, 1.54) is 16.0 Å². The van der Waals surface area contributed by atoms with Crippen molar-refractivity contribution < 1.29 is 38.2 Å². The predicted molar refractivity (Wildman–Crippen MR) is 251 cm³/mol. The van der Waals surface area contributed by atoms with Crippen LogP contribution in [0.2, 0.25) is 0 Å². The maximum Gasteiger partial charge on any atom is 0.324 e. The van der Waals surface area contributed by atoms with Crippen molar-refractivity contribution in [1.82, 2.24) is 35.1 Å². The molecule has 0 radical (unpaired) electrons. The van der Waals surface area contributed by atoms with E-state index in [-0.39, 0.29) is 55.7 Å². The van der Waals surface area contributed by atoms with Crippen LogP contribution < -0.4 is 10.7 Å². The summed E-state index contributed by atoms with van der Waals surface area (Å²) in [7, 11) is 3.21. The molecule has 3 aliphatic heterocycles. The molecule has 4 aromatic rings. The zero-order valence-electron chi connectivity index (χ0n) is 39.4. The monoisotopic (exact) mass is 901 g/mol.